The average molecular weight is 455 g/mol. The monoisotopic (exact) mass is 454 g/mol. The van der Waals surface area contributed by atoms with Gasteiger partial charge in [0, 0.05) is 5.69 Å². The van der Waals surface area contributed by atoms with Crippen LogP contribution in [-0.4, -0.2) is 46.1 Å². The molecule has 1 aromatic heterocycles. The molecule has 3 aromatic rings. The zero-order valence-electron chi connectivity index (χ0n) is 18.8. The third-order valence-corrected chi connectivity index (χ3v) is 5.72. The van der Waals surface area contributed by atoms with E-state index in [-0.39, 0.29) is 18.3 Å². The van der Waals surface area contributed by atoms with Crippen LogP contribution in [0.3, 0.4) is 0 Å². The van der Waals surface area contributed by atoms with E-state index in [9.17, 15) is 9.59 Å². The van der Waals surface area contributed by atoms with E-state index >= 15 is 0 Å². The van der Waals surface area contributed by atoms with Gasteiger partial charge in [-0.05, 0) is 68.7 Å². The van der Waals surface area contributed by atoms with E-state index < -0.39 is 5.97 Å². The van der Waals surface area contributed by atoms with Crippen LogP contribution in [0.1, 0.15) is 22.5 Å². The lowest BCUT2D eigenvalue weighted by Crippen LogP contribution is -2.16. The van der Waals surface area contributed by atoms with Crippen LogP contribution in [0.4, 0.5) is 5.69 Å². The molecule has 0 saturated carbocycles. The number of thioether (sulfide) groups is 1. The number of methoxy groups -OCH3 is 1. The second-order valence-electron chi connectivity index (χ2n) is 7.33. The van der Waals surface area contributed by atoms with Crippen molar-refractivity contribution in [1.82, 2.24) is 14.8 Å². The molecular formula is C23H26N4O4S. The summed E-state index contributed by atoms with van der Waals surface area (Å²) < 4.78 is 11.9. The largest absolute Gasteiger partial charge is 0.482 e. The Bertz CT molecular complexity index is 1140. The number of hydrogen-bond donors (Lipinski definition) is 1. The number of anilines is 1. The van der Waals surface area contributed by atoms with Gasteiger partial charge in [-0.25, -0.2) is 4.79 Å². The van der Waals surface area contributed by atoms with Gasteiger partial charge < -0.3 is 14.8 Å². The highest BCUT2D eigenvalue weighted by atomic mass is 32.2. The maximum absolute atomic E-state index is 12.6. The highest BCUT2D eigenvalue weighted by Gasteiger charge is 2.16. The lowest BCUT2D eigenvalue weighted by atomic mass is 10.1. The Morgan fingerprint density at radius 1 is 1.03 bits per heavy atom. The molecule has 0 aliphatic heterocycles. The van der Waals surface area contributed by atoms with E-state index in [0.29, 0.717) is 16.6 Å². The summed E-state index contributed by atoms with van der Waals surface area (Å²) in [6.07, 6.45) is 0. The first-order valence-corrected chi connectivity index (χ1v) is 11.0. The van der Waals surface area contributed by atoms with Gasteiger partial charge in [0.1, 0.15) is 11.6 Å². The second kappa shape index (κ2) is 10.3. The average Bonchev–Trinajstić information content (AvgIpc) is 3.14. The topological polar surface area (TPSA) is 95.3 Å². The SMILES string of the molecule is COC(=O)COc1ccc(NC(=O)CSc2nnc(C)n2-c2cc(C)ccc2C)c(C)c1. The van der Waals surface area contributed by atoms with Crippen molar-refractivity contribution < 1.29 is 19.1 Å². The van der Waals surface area contributed by atoms with Crippen molar-refractivity contribution in [3.8, 4) is 11.4 Å². The van der Waals surface area contributed by atoms with E-state index in [1.54, 1.807) is 18.2 Å². The molecule has 1 amide bonds. The van der Waals surface area contributed by atoms with Gasteiger partial charge in [-0.1, -0.05) is 23.9 Å². The van der Waals surface area contributed by atoms with Crippen LogP contribution in [0, 0.1) is 27.7 Å². The minimum absolute atomic E-state index is 0.158. The van der Waals surface area contributed by atoms with Crippen molar-refractivity contribution in [2.45, 2.75) is 32.9 Å². The predicted molar refractivity (Wildman–Crippen MR) is 124 cm³/mol. The molecule has 168 valence electrons. The van der Waals surface area contributed by atoms with E-state index in [2.05, 4.69) is 38.5 Å². The van der Waals surface area contributed by atoms with Gasteiger partial charge in [0.15, 0.2) is 11.8 Å². The molecule has 0 saturated heterocycles. The molecule has 32 heavy (non-hydrogen) atoms. The number of aromatic nitrogens is 3. The van der Waals surface area contributed by atoms with Crippen LogP contribution in [0.25, 0.3) is 5.69 Å². The van der Waals surface area contributed by atoms with Crippen molar-refractivity contribution >= 4 is 29.3 Å². The molecule has 0 fully saturated rings. The van der Waals surface area contributed by atoms with Crippen molar-refractivity contribution in [1.29, 1.82) is 0 Å². The third kappa shape index (κ3) is 5.67. The second-order valence-corrected chi connectivity index (χ2v) is 8.28. The predicted octanol–water partition coefficient (Wildman–Crippen LogP) is 3.78. The Morgan fingerprint density at radius 3 is 2.53 bits per heavy atom. The van der Waals surface area contributed by atoms with E-state index in [4.69, 9.17) is 4.74 Å². The van der Waals surface area contributed by atoms with E-state index in [1.165, 1.54) is 18.9 Å². The Kier molecular flexibility index (Phi) is 7.53. The number of amides is 1. The summed E-state index contributed by atoms with van der Waals surface area (Å²) in [6.45, 7) is 7.66. The number of nitrogens with one attached hydrogen (secondary N) is 1. The zero-order valence-corrected chi connectivity index (χ0v) is 19.6. The minimum Gasteiger partial charge on any atom is -0.482 e. The minimum atomic E-state index is -0.457. The normalized spacial score (nSPS) is 10.7. The number of nitrogens with zero attached hydrogens (tertiary/aromatic N) is 3. The molecule has 9 heteroatoms. The molecule has 0 radical (unpaired) electrons. The first-order chi connectivity index (χ1) is 15.3. The van der Waals surface area contributed by atoms with Gasteiger partial charge in [0.05, 0.1) is 18.6 Å². The fourth-order valence-corrected chi connectivity index (χ4v) is 3.85. The molecule has 1 N–H and O–H groups in total. The fraction of sp³-hybridized carbons (Fsp3) is 0.304. The van der Waals surface area contributed by atoms with Crippen molar-refractivity contribution in [3.63, 3.8) is 0 Å². The number of rotatable bonds is 8. The molecule has 0 unspecified atom stereocenters. The molecule has 2 aromatic carbocycles. The Balaban J connectivity index is 1.65. The number of esters is 1. The van der Waals surface area contributed by atoms with Crippen molar-refractivity contribution in [2.75, 3.05) is 24.8 Å². The summed E-state index contributed by atoms with van der Waals surface area (Å²) >= 11 is 1.33. The summed E-state index contributed by atoms with van der Waals surface area (Å²) in [5.74, 6) is 0.858. The van der Waals surface area contributed by atoms with Gasteiger partial charge in [-0.3, -0.25) is 9.36 Å². The first kappa shape index (κ1) is 23.3. The molecule has 1 heterocycles. The van der Waals surface area contributed by atoms with Crippen LogP contribution < -0.4 is 10.1 Å². The standard InChI is InChI=1S/C23H26N4O4S/c1-14-6-7-15(2)20(10-14)27-17(4)25-26-23(27)32-13-21(28)24-19-9-8-18(11-16(19)3)31-12-22(29)30-5/h6-11H,12-13H2,1-5H3,(H,24,28). The molecule has 0 aliphatic carbocycles. The van der Waals surface area contributed by atoms with Gasteiger partial charge >= 0.3 is 5.97 Å². The molecule has 8 nitrogen and oxygen atoms in total. The quantitative estimate of drug-likeness (QED) is 0.409. The van der Waals surface area contributed by atoms with Gasteiger partial charge in [-0.2, -0.15) is 0 Å². The van der Waals surface area contributed by atoms with Crippen molar-refractivity contribution in [2.24, 2.45) is 0 Å². The summed E-state index contributed by atoms with van der Waals surface area (Å²) in [4.78, 5) is 23.8. The molecule has 0 spiro atoms. The lowest BCUT2D eigenvalue weighted by Gasteiger charge is -2.13. The molecular weight excluding hydrogens is 428 g/mol. The number of benzene rings is 2. The van der Waals surface area contributed by atoms with Crippen LogP contribution in [0.5, 0.6) is 5.75 Å². The number of carbonyl (C=O) groups excluding carboxylic acids is 2. The number of aryl methyl sites for hydroxylation is 4. The van der Waals surface area contributed by atoms with Gasteiger partial charge in [-0.15, -0.1) is 10.2 Å². The molecule has 0 bridgehead atoms. The van der Waals surface area contributed by atoms with Crippen LogP contribution in [0.2, 0.25) is 0 Å². The molecule has 0 aliphatic rings. The van der Waals surface area contributed by atoms with E-state index in [1.807, 2.05) is 32.3 Å². The summed E-state index contributed by atoms with van der Waals surface area (Å²) in [6, 6.07) is 11.4. The zero-order chi connectivity index (χ0) is 23.3. The molecule has 0 atom stereocenters. The lowest BCUT2D eigenvalue weighted by molar-refractivity contribution is -0.142. The maximum Gasteiger partial charge on any atom is 0.343 e. The molecule has 3 rings (SSSR count). The maximum atomic E-state index is 12.6. The smallest absolute Gasteiger partial charge is 0.343 e. The number of carbonyl (C=O) groups is 2. The van der Waals surface area contributed by atoms with Crippen LogP contribution >= 0.6 is 11.8 Å². The van der Waals surface area contributed by atoms with Crippen molar-refractivity contribution in [3.05, 3.63) is 58.9 Å². The van der Waals surface area contributed by atoms with Crippen LogP contribution in [-0.2, 0) is 14.3 Å². The van der Waals surface area contributed by atoms with Gasteiger partial charge in [0.2, 0.25) is 5.91 Å². The Hall–Kier alpha value is -3.33. The summed E-state index contributed by atoms with van der Waals surface area (Å²) in [5, 5.41) is 12.0. The number of ether oxygens (including phenoxy) is 2. The van der Waals surface area contributed by atoms with E-state index in [0.717, 1.165) is 28.2 Å². The Labute approximate surface area is 191 Å². The first-order valence-electron chi connectivity index (χ1n) is 10.0. The number of hydrogen-bond acceptors (Lipinski definition) is 7. The highest BCUT2D eigenvalue weighted by Crippen LogP contribution is 2.26. The fourth-order valence-electron chi connectivity index (χ4n) is 3.06. The summed E-state index contributed by atoms with van der Waals surface area (Å²) in [7, 11) is 1.30. The highest BCUT2D eigenvalue weighted by molar-refractivity contribution is 7.99. The van der Waals surface area contributed by atoms with Gasteiger partial charge in [0.25, 0.3) is 0 Å². The third-order valence-electron chi connectivity index (χ3n) is 4.79. The Morgan fingerprint density at radius 2 is 1.81 bits per heavy atom. The van der Waals surface area contributed by atoms with Crippen LogP contribution in [0.15, 0.2) is 41.6 Å². The summed E-state index contributed by atoms with van der Waals surface area (Å²) in [5.41, 5.74) is 4.75.